The van der Waals surface area contributed by atoms with Crippen molar-refractivity contribution in [2.45, 2.75) is 34.2 Å². The quantitative estimate of drug-likeness (QED) is 0.533. The summed E-state index contributed by atoms with van der Waals surface area (Å²) in [7, 11) is 3.42. The molecule has 0 atom stereocenters. The van der Waals surface area contributed by atoms with Crippen molar-refractivity contribution in [1.29, 1.82) is 0 Å². The van der Waals surface area contributed by atoms with Crippen LogP contribution in [0, 0.1) is 27.7 Å². The molecule has 0 aliphatic carbocycles. The highest BCUT2D eigenvalue weighted by molar-refractivity contribution is 5.72. The van der Waals surface area contributed by atoms with Crippen molar-refractivity contribution < 1.29 is 0 Å². The molecule has 29 heavy (non-hydrogen) atoms. The molecule has 3 heterocycles. The molecule has 0 amide bonds. The van der Waals surface area contributed by atoms with Gasteiger partial charge in [0, 0.05) is 19.8 Å². The minimum atomic E-state index is -0.391. The Labute approximate surface area is 167 Å². The molecule has 0 N–H and O–H groups in total. The van der Waals surface area contributed by atoms with Crippen molar-refractivity contribution in [2.24, 2.45) is 14.1 Å². The van der Waals surface area contributed by atoms with E-state index in [1.807, 2.05) is 52.0 Å². The van der Waals surface area contributed by atoms with E-state index >= 15 is 0 Å². The van der Waals surface area contributed by atoms with Gasteiger partial charge in [-0.25, -0.2) is 9.48 Å². The van der Waals surface area contributed by atoms with Crippen LogP contribution in [0.25, 0.3) is 17.1 Å². The lowest BCUT2D eigenvalue weighted by Crippen LogP contribution is -2.39. The summed E-state index contributed by atoms with van der Waals surface area (Å²) in [5, 5.41) is 4.55. The van der Waals surface area contributed by atoms with E-state index in [9.17, 15) is 9.59 Å². The second-order valence-corrected chi connectivity index (χ2v) is 7.57. The smallest absolute Gasteiger partial charge is 0.306 e. The van der Waals surface area contributed by atoms with Crippen molar-refractivity contribution in [1.82, 2.24) is 28.5 Å². The van der Waals surface area contributed by atoms with Crippen LogP contribution in [-0.4, -0.2) is 28.5 Å². The second-order valence-electron chi connectivity index (χ2n) is 7.57. The van der Waals surface area contributed by atoms with Crippen molar-refractivity contribution in [3.05, 3.63) is 73.2 Å². The largest absolute Gasteiger partial charge is 0.332 e. The molecule has 0 unspecified atom stereocenters. The van der Waals surface area contributed by atoms with Gasteiger partial charge in [-0.1, -0.05) is 29.8 Å². The highest BCUT2D eigenvalue weighted by Crippen LogP contribution is 2.18. The molecule has 0 spiro atoms. The number of fused-ring (bicyclic) bond motifs is 1. The van der Waals surface area contributed by atoms with E-state index in [0.29, 0.717) is 17.1 Å². The number of aromatic nitrogens is 6. The lowest BCUT2D eigenvalue weighted by atomic mass is 10.1. The summed E-state index contributed by atoms with van der Waals surface area (Å²) in [6.07, 6.45) is 0. The van der Waals surface area contributed by atoms with Crippen LogP contribution in [0.2, 0.25) is 0 Å². The van der Waals surface area contributed by atoms with Gasteiger partial charge >= 0.3 is 5.69 Å². The molecule has 0 aliphatic heterocycles. The molecular weight excluding hydrogens is 368 g/mol. The fourth-order valence-electron chi connectivity index (χ4n) is 3.67. The summed E-state index contributed by atoms with van der Waals surface area (Å²) in [5.74, 6) is 0.508. The molecule has 150 valence electrons. The summed E-state index contributed by atoms with van der Waals surface area (Å²) < 4.78 is 6.12. The zero-order chi connectivity index (χ0) is 21.0. The predicted molar refractivity (Wildman–Crippen MR) is 112 cm³/mol. The summed E-state index contributed by atoms with van der Waals surface area (Å²) in [4.78, 5) is 30.8. The van der Waals surface area contributed by atoms with Crippen LogP contribution in [0.4, 0.5) is 0 Å². The molecule has 8 heteroatoms. The van der Waals surface area contributed by atoms with Crippen LogP contribution in [0.3, 0.4) is 0 Å². The summed E-state index contributed by atoms with van der Waals surface area (Å²) in [6.45, 7) is 8.09. The zero-order valence-electron chi connectivity index (χ0n) is 17.5. The van der Waals surface area contributed by atoms with E-state index in [4.69, 9.17) is 0 Å². The molecule has 4 aromatic rings. The van der Waals surface area contributed by atoms with Crippen LogP contribution in [0.1, 0.15) is 28.1 Å². The fourth-order valence-corrected chi connectivity index (χ4v) is 3.67. The second kappa shape index (κ2) is 6.58. The highest BCUT2D eigenvalue weighted by Gasteiger charge is 2.21. The van der Waals surface area contributed by atoms with E-state index < -0.39 is 5.69 Å². The Balaban J connectivity index is 1.98. The number of hydrogen-bond donors (Lipinski definition) is 0. The fraction of sp³-hybridized carbons (Fsp3) is 0.333. The number of benzene rings is 1. The van der Waals surface area contributed by atoms with E-state index in [1.165, 1.54) is 9.13 Å². The first-order chi connectivity index (χ1) is 13.7. The summed E-state index contributed by atoms with van der Waals surface area (Å²) >= 11 is 0. The van der Waals surface area contributed by atoms with Gasteiger partial charge in [0.1, 0.15) is 0 Å². The Kier molecular flexibility index (Phi) is 4.29. The van der Waals surface area contributed by atoms with Crippen LogP contribution >= 0.6 is 0 Å². The van der Waals surface area contributed by atoms with E-state index in [1.54, 1.807) is 23.3 Å². The van der Waals surface area contributed by atoms with Gasteiger partial charge in [0.15, 0.2) is 11.2 Å². The molecule has 0 radical (unpaired) electrons. The normalized spacial score (nSPS) is 11.5. The maximum atomic E-state index is 13.3. The van der Waals surface area contributed by atoms with Crippen LogP contribution in [-0.2, 0) is 20.6 Å². The standard InChI is InChI=1S/C21H24N6O2/c1-12-8-7-9-16(10-12)11-26-19(28)17-18(25(6)21(26)29)22-20(24(17)5)27-15(4)13(2)14(3)23-27/h7-10H,11H2,1-6H3. The Hall–Kier alpha value is -3.42. The summed E-state index contributed by atoms with van der Waals surface area (Å²) in [5.41, 5.74) is 4.89. The van der Waals surface area contributed by atoms with Crippen molar-refractivity contribution >= 4 is 11.2 Å². The molecular formula is C21H24N6O2. The Morgan fingerprint density at radius 1 is 1.00 bits per heavy atom. The van der Waals surface area contributed by atoms with Crippen molar-refractivity contribution in [3.8, 4) is 5.95 Å². The minimum absolute atomic E-state index is 0.211. The number of nitrogens with zero attached hydrogens (tertiary/aromatic N) is 6. The molecule has 0 saturated heterocycles. The highest BCUT2D eigenvalue weighted by atomic mass is 16.2. The molecule has 3 aromatic heterocycles. The molecule has 8 nitrogen and oxygen atoms in total. The monoisotopic (exact) mass is 392 g/mol. The van der Waals surface area contributed by atoms with Crippen LogP contribution in [0.5, 0.6) is 0 Å². The first-order valence-corrected chi connectivity index (χ1v) is 9.45. The number of aryl methyl sites for hydroxylation is 4. The number of hydrogen-bond acceptors (Lipinski definition) is 4. The van der Waals surface area contributed by atoms with Crippen LogP contribution in [0.15, 0.2) is 33.9 Å². The topological polar surface area (TPSA) is 79.6 Å². The number of rotatable bonds is 3. The van der Waals surface area contributed by atoms with Gasteiger partial charge in [-0.05, 0) is 38.8 Å². The Morgan fingerprint density at radius 3 is 2.34 bits per heavy atom. The third kappa shape index (κ3) is 2.83. The minimum Gasteiger partial charge on any atom is -0.306 e. The van der Waals surface area contributed by atoms with Gasteiger partial charge in [0.2, 0.25) is 5.95 Å². The van der Waals surface area contributed by atoms with Gasteiger partial charge in [-0.2, -0.15) is 10.1 Å². The molecule has 0 aliphatic rings. The van der Waals surface area contributed by atoms with E-state index in [0.717, 1.165) is 28.1 Å². The molecule has 0 bridgehead atoms. The SMILES string of the molecule is Cc1cccc(Cn2c(=O)c3c(nc(-n4nc(C)c(C)c4C)n3C)n(C)c2=O)c1. The van der Waals surface area contributed by atoms with Gasteiger partial charge in [0.05, 0.1) is 12.2 Å². The van der Waals surface area contributed by atoms with E-state index in [-0.39, 0.29) is 12.1 Å². The molecule has 0 saturated carbocycles. The lowest BCUT2D eigenvalue weighted by molar-refractivity contribution is 0.654. The number of imidazole rings is 1. The zero-order valence-corrected chi connectivity index (χ0v) is 17.5. The molecule has 1 aromatic carbocycles. The molecule has 0 fully saturated rings. The first kappa shape index (κ1) is 18.9. The van der Waals surface area contributed by atoms with Gasteiger partial charge in [0.25, 0.3) is 5.56 Å². The van der Waals surface area contributed by atoms with Gasteiger partial charge < -0.3 is 4.57 Å². The first-order valence-electron chi connectivity index (χ1n) is 9.45. The van der Waals surface area contributed by atoms with Gasteiger partial charge in [-0.15, -0.1) is 0 Å². The van der Waals surface area contributed by atoms with Gasteiger partial charge in [-0.3, -0.25) is 13.9 Å². The Bertz CT molecular complexity index is 1380. The Morgan fingerprint density at radius 2 is 1.72 bits per heavy atom. The summed E-state index contributed by atoms with van der Waals surface area (Å²) in [6, 6.07) is 7.79. The van der Waals surface area contributed by atoms with Crippen molar-refractivity contribution in [2.75, 3.05) is 0 Å². The lowest BCUT2D eigenvalue weighted by Gasteiger charge is -2.09. The third-order valence-corrected chi connectivity index (χ3v) is 5.60. The maximum absolute atomic E-state index is 13.3. The van der Waals surface area contributed by atoms with Crippen LogP contribution < -0.4 is 11.2 Å². The van der Waals surface area contributed by atoms with E-state index in [2.05, 4.69) is 10.1 Å². The third-order valence-electron chi connectivity index (χ3n) is 5.60. The molecule has 4 rings (SSSR count). The van der Waals surface area contributed by atoms with Crippen molar-refractivity contribution in [3.63, 3.8) is 0 Å². The average molecular weight is 392 g/mol. The average Bonchev–Trinajstić information content (AvgIpc) is 3.15. The maximum Gasteiger partial charge on any atom is 0.332 e. The predicted octanol–water partition coefficient (Wildman–Crippen LogP) is 1.90.